The fraction of sp³-hybridized carbons (Fsp3) is 0.600. The molecule has 1 N–H and O–H groups in total. The zero-order valence-electron chi connectivity index (χ0n) is 18.3. The van der Waals surface area contributed by atoms with Crippen molar-refractivity contribution in [2.75, 3.05) is 0 Å². The molecule has 168 valence electrons. The topological polar surface area (TPSA) is 49.4 Å². The molecule has 0 spiro atoms. The van der Waals surface area contributed by atoms with Crippen LogP contribution in [0.5, 0.6) is 0 Å². The number of hydrogen-bond acceptors (Lipinski definition) is 4. The summed E-state index contributed by atoms with van der Waals surface area (Å²) in [7, 11) is 0. The minimum absolute atomic E-state index is 0.0754. The Hall–Kier alpha value is -1.66. The number of nitrogens with one attached hydrogen (secondary N) is 1. The Morgan fingerprint density at radius 2 is 1.48 bits per heavy atom. The van der Waals surface area contributed by atoms with Gasteiger partial charge >= 0.3 is 0 Å². The molecule has 4 rings (SSSR count). The largest absolute Gasteiger partial charge is 0.353 e. The molecule has 0 bridgehead atoms. The molecule has 31 heavy (non-hydrogen) atoms. The third-order valence-electron chi connectivity index (χ3n) is 6.81. The summed E-state index contributed by atoms with van der Waals surface area (Å²) in [6.07, 6.45) is 10.6. The molecule has 2 aliphatic rings. The van der Waals surface area contributed by atoms with Gasteiger partial charge in [-0.25, -0.2) is 0 Å². The molecule has 2 amide bonds. The lowest BCUT2D eigenvalue weighted by Crippen LogP contribution is -2.42. The van der Waals surface area contributed by atoms with E-state index in [0.717, 1.165) is 25.7 Å². The molecule has 2 aromatic heterocycles. The van der Waals surface area contributed by atoms with Crippen molar-refractivity contribution in [3.8, 4) is 0 Å². The third kappa shape index (κ3) is 6.66. The highest BCUT2D eigenvalue weighted by molar-refractivity contribution is 7.10. The first kappa shape index (κ1) is 22.5. The van der Waals surface area contributed by atoms with E-state index in [1.54, 1.807) is 22.7 Å². The highest BCUT2D eigenvalue weighted by Crippen LogP contribution is 2.30. The SMILES string of the molecule is O=C(CC1CCCCC1)NC1CCC(C(=O)N(Cc2cccs2)Cc2cccs2)CC1. The van der Waals surface area contributed by atoms with Crippen LogP contribution in [0.25, 0.3) is 0 Å². The molecule has 0 aromatic carbocycles. The number of nitrogens with zero attached hydrogens (tertiary/aromatic N) is 1. The second kappa shape index (κ2) is 11.3. The van der Waals surface area contributed by atoms with Crippen molar-refractivity contribution >= 4 is 34.5 Å². The maximum Gasteiger partial charge on any atom is 0.226 e. The van der Waals surface area contributed by atoms with E-state index in [9.17, 15) is 9.59 Å². The van der Waals surface area contributed by atoms with E-state index >= 15 is 0 Å². The van der Waals surface area contributed by atoms with Gasteiger partial charge in [-0.3, -0.25) is 9.59 Å². The average molecular weight is 459 g/mol. The summed E-state index contributed by atoms with van der Waals surface area (Å²) in [5.41, 5.74) is 0. The van der Waals surface area contributed by atoms with Gasteiger partial charge in [-0.15, -0.1) is 22.7 Å². The van der Waals surface area contributed by atoms with Crippen LogP contribution in [-0.4, -0.2) is 22.8 Å². The maximum absolute atomic E-state index is 13.4. The summed E-state index contributed by atoms with van der Waals surface area (Å²) in [5.74, 6) is 1.15. The minimum atomic E-state index is 0.0754. The molecule has 0 atom stereocenters. The van der Waals surface area contributed by atoms with E-state index in [1.807, 2.05) is 4.90 Å². The molecule has 2 aromatic rings. The van der Waals surface area contributed by atoms with E-state index in [1.165, 1.54) is 41.9 Å². The summed E-state index contributed by atoms with van der Waals surface area (Å²) in [5, 5.41) is 7.41. The van der Waals surface area contributed by atoms with Gasteiger partial charge in [-0.1, -0.05) is 31.4 Å². The molecular formula is C25H34N2O2S2. The molecule has 4 nitrogen and oxygen atoms in total. The smallest absolute Gasteiger partial charge is 0.226 e. The molecule has 6 heteroatoms. The van der Waals surface area contributed by atoms with E-state index in [4.69, 9.17) is 0 Å². The second-order valence-electron chi connectivity index (χ2n) is 9.18. The number of amides is 2. The van der Waals surface area contributed by atoms with Crippen LogP contribution in [0.15, 0.2) is 35.0 Å². The zero-order valence-corrected chi connectivity index (χ0v) is 19.9. The Kier molecular flexibility index (Phi) is 8.20. The van der Waals surface area contributed by atoms with E-state index < -0.39 is 0 Å². The number of thiophene rings is 2. The summed E-state index contributed by atoms with van der Waals surface area (Å²) in [6, 6.07) is 8.56. The summed E-state index contributed by atoms with van der Waals surface area (Å²) in [6.45, 7) is 1.37. The Morgan fingerprint density at radius 1 is 0.871 bits per heavy atom. The summed E-state index contributed by atoms with van der Waals surface area (Å²) in [4.78, 5) is 30.4. The maximum atomic E-state index is 13.4. The summed E-state index contributed by atoms with van der Waals surface area (Å²) >= 11 is 3.42. The van der Waals surface area contributed by atoms with Gasteiger partial charge in [0.15, 0.2) is 0 Å². The Labute approximate surface area is 194 Å². The second-order valence-corrected chi connectivity index (χ2v) is 11.2. The van der Waals surface area contributed by atoms with Gasteiger partial charge in [0.1, 0.15) is 0 Å². The molecule has 2 aliphatic carbocycles. The molecule has 0 radical (unpaired) electrons. The van der Waals surface area contributed by atoms with Gasteiger partial charge < -0.3 is 10.2 Å². The molecule has 0 unspecified atom stereocenters. The van der Waals surface area contributed by atoms with Crippen molar-refractivity contribution in [1.29, 1.82) is 0 Å². The number of carbonyl (C=O) groups is 2. The van der Waals surface area contributed by atoms with Gasteiger partial charge in [-0.05, 0) is 67.3 Å². The van der Waals surface area contributed by atoms with Crippen molar-refractivity contribution in [3.05, 3.63) is 44.8 Å². The van der Waals surface area contributed by atoms with E-state index in [-0.39, 0.29) is 23.8 Å². The Bertz CT molecular complexity index is 768. The van der Waals surface area contributed by atoms with Crippen LogP contribution in [0.3, 0.4) is 0 Å². The quantitative estimate of drug-likeness (QED) is 0.529. The van der Waals surface area contributed by atoms with Crippen molar-refractivity contribution in [2.45, 2.75) is 83.3 Å². The lowest BCUT2D eigenvalue weighted by atomic mass is 9.84. The van der Waals surface area contributed by atoms with Crippen molar-refractivity contribution in [1.82, 2.24) is 10.2 Å². The molecular weight excluding hydrogens is 424 g/mol. The predicted octanol–water partition coefficient (Wildman–Crippen LogP) is 5.98. The zero-order chi connectivity index (χ0) is 21.5. The molecule has 0 saturated heterocycles. The van der Waals surface area contributed by atoms with Crippen LogP contribution in [-0.2, 0) is 22.7 Å². The summed E-state index contributed by atoms with van der Waals surface area (Å²) < 4.78 is 0. The van der Waals surface area contributed by atoms with Gasteiger partial charge in [-0.2, -0.15) is 0 Å². The first-order valence-electron chi connectivity index (χ1n) is 11.8. The third-order valence-corrected chi connectivity index (χ3v) is 8.53. The van der Waals surface area contributed by atoms with Gasteiger partial charge in [0.05, 0.1) is 13.1 Å². The lowest BCUT2D eigenvalue weighted by molar-refractivity contribution is -0.138. The number of rotatable bonds is 8. The molecule has 2 saturated carbocycles. The highest BCUT2D eigenvalue weighted by Gasteiger charge is 2.31. The van der Waals surface area contributed by atoms with Crippen LogP contribution in [0, 0.1) is 11.8 Å². The number of carbonyl (C=O) groups excluding carboxylic acids is 2. The Morgan fingerprint density at radius 3 is 2.03 bits per heavy atom. The first-order chi connectivity index (χ1) is 15.2. The van der Waals surface area contributed by atoms with Crippen LogP contribution in [0.1, 0.15) is 74.0 Å². The normalized spacial score (nSPS) is 22.2. The van der Waals surface area contributed by atoms with E-state index in [2.05, 4.69) is 40.3 Å². The predicted molar refractivity (Wildman–Crippen MR) is 128 cm³/mol. The van der Waals surface area contributed by atoms with Gasteiger partial charge in [0.25, 0.3) is 0 Å². The highest BCUT2D eigenvalue weighted by atomic mass is 32.1. The van der Waals surface area contributed by atoms with Gasteiger partial charge in [0.2, 0.25) is 11.8 Å². The fourth-order valence-corrected chi connectivity index (χ4v) is 6.51. The van der Waals surface area contributed by atoms with Gasteiger partial charge in [0, 0.05) is 28.1 Å². The van der Waals surface area contributed by atoms with Crippen LogP contribution in [0.2, 0.25) is 0 Å². The van der Waals surface area contributed by atoms with Crippen LogP contribution < -0.4 is 5.32 Å². The molecule has 0 aliphatic heterocycles. The standard InChI is InChI=1S/C25H34N2O2S2/c28-24(16-19-6-2-1-3-7-19)26-21-12-10-20(11-13-21)25(29)27(17-22-8-4-14-30-22)18-23-9-5-15-31-23/h4-5,8-9,14-15,19-21H,1-3,6-7,10-13,16-18H2,(H,26,28). The average Bonchev–Trinajstić information content (AvgIpc) is 3.48. The fourth-order valence-electron chi connectivity index (χ4n) is 5.08. The van der Waals surface area contributed by atoms with Crippen molar-refractivity contribution < 1.29 is 9.59 Å². The first-order valence-corrected chi connectivity index (χ1v) is 13.6. The van der Waals surface area contributed by atoms with Crippen molar-refractivity contribution in [2.24, 2.45) is 11.8 Å². The molecule has 2 heterocycles. The van der Waals surface area contributed by atoms with Crippen LogP contribution in [0.4, 0.5) is 0 Å². The van der Waals surface area contributed by atoms with Crippen LogP contribution >= 0.6 is 22.7 Å². The lowest BCUT2D eigenvalue weighted by Gasteiger charge is -2.32. The Balaban J connectivity index is 1.27. The monoisotopic (exact) mass is 458 g/mol. The minimum Gasteiger partial charge on any atom is -0.353 e. The van der Waals surface area contributed by atoms with E-state index in [0.29, 0.717) is 25.4 Å². The van der Waals surface area contributed by atoms with Crippen molar-refractivity contribution in [3.63, 3.8) is 0 Å². The molecule has 2 fully saturated rings. The number of hydrogen-bond donors (Lipinski definition) is 1.